The maximum Gasteiger partial charge on any atom is 0.228 e. The number of hydrogen-bond acceptors (Lipinski definition) is 3. The van der Waals surface area contributed by atoms with Gasteiger partial charge in [-0.1, -0.05) is 24.3 Å². The normalized spacial score (nSPS) is 9.31. The average molecular weight is 176 g/mol. The molecule has 1 aromatic carbocycles. The van der Waals surface area contributed by atoms with Crippen molar-refractivity contribution in [2.24, 2.45) is 0 Å². The molecule has 66 valence electrons. The molecule has 3 heteroatoms. The zero-order valence-corrected chi connectivity index (χ0v) is 7.11. The second-order valence-corrected chi connectivity index (χ2v) is 2.63. The van der Waals surface area contributed by atoms with Crippen LogP contribution in [0.3, 0.4) is 0 Å². The number of carbonyl (C=O) groups excluding carboxylic acids is 3. The summed E-state index contributed by atoms with van der Waals surface area (Å²) in [6, 6.07) is 5.94. The molecule has 0 amide bonds. The second-order valence-electron chi connectivity index (χ2n) is 2.63. The number of carbonyl (C=O) groups is 3. The van der Waals surface area contributed by atoms with E-state index in [1.54, 1.807) is 0 Å². The number of hydrogen-bond donors (Lipinski definition) is 0. The van der Waals surface area contributed by atoms with Crippen molar-refractivity contribution in [2.75, 3.05) is 0 Å². The highest BCUT2D eigenvalue weighted by Crippen LogP contribution is 2.03. The van der Waals surface area contributed by atoms with Crippen LogP contribution in [0.25, 0.3) is 0 Å². The molecule has 0 radical (unpaired) electrons. The molecule has 0 saturated heterocycles. The molecule has 0 atom stereocenters. The van der Waals surface area contributed by atoms with Crippen molar-refractivity contribution in [1.82, 2.24) is 0 Å². The molecule has 0 aliphatic heterocycles. The molecule has 0 spiro atoms. The molecule has 0 saturated carbocycles. The largest absolute Gasteiger partial charge is 0.298 e. The van der Waals surface area contributed by atoms with Gasteiger partial charge >= 0.3 is 0 Å². The van der Waals surface area contributed by atoms with Crippen LogP contribution in [0.4, 0.5) is 0 Å². The first-order valence-electron chi connectivity index (χ1n) is 3.75. The van der Waals surface area contributed by atoms with Gasteiger partial charge < -0.3 is 0 Å². The Morgan fingerprint density at radius 2 is 1.69 bits per heavy atom. The SMILES string of the molecule is CC(=O)C(=O)c1ccc(C=O)cc1. The average Bonchev–Trinajstić information content (AvgIpc) is 2.17. The van der Waals surface area contributed by atoms with Crippen molar-refractivity contribution >= 4 is 17.9 Å². The molecular formula is C10H8O3. The number of rotatable bonds is 3. The first kappa shape index (κ1) is 9.32. The van der Waals surface area contributed by atoms with Gasteiger partial charge in [-0.3, -0.25) is 14.4 Å². The van der Waals surface area contributed by atoms with Gasteiger partial charge in [-0.05, 0) is 0 Å². The number of Topliss-reactive ketones (excluding diaryl/α,β-unsaturated/α-hetero) is 2. The van der Waals surface area contributed by atoms with Crippen molar-refractivity contribution in [3.63, 3.8) is 0 Å². The van der Waals surface area contributed by atoms with Crippen molar-refractivity contribution in [2.45, 2.75) is 6.92 Å². The lowest BCUT2D eigenvalue weighted by Crippen LogP contribution is -2.09. The van der Waals surface area contributed by atoms with E-state index in [0.29, 0.717) is 17.4 Å². The minimum atomic E-state index is -0.530. The summed E-state index contributed by atoms with van der Waals surface area (Å²) in [5, 5.41) is 0. The Labute approximate surface area is 75.4 Å². The van der Waals surface area contributed by atoms with Gasteiger partial charge in [-0.25, -0.2) is 0 Å². The van der Waals surface area contributed by atoms with Crippen molar-refractivity contribution in [1.29, 1.82) is 0 Å². The van der Waals surface area contributed by atoms with Gasteiger partial charge in [-0.15, -0.1) is 0 Å². The predicted molar refractivity (Wildman–Crippen MR) is 46.8 cm³/mol. The van der Waals surface area contributed by atoms with E-state index in [9.17, 15) is 14.4 Å². The first-order chi connectivity index (χ1) is 6.15. The Morgan fingerprint density at radius 1 is 1.15 bits per heavy atom. The lowest BCUT2D eigenvalue weighted by molar-refractivity contribution is -0.113. The van der Waals surface area contributed by atoms with E-state index in [1.807, 2.05) is 0 Å². The summed E-state index contributed by atoms with van der Waals surface area (Å²) in [4.78, 5) is 32.1. The maximum atomic E-state index is 11.1. The summed E-state index contributed by atoms with van der Waals surface area (Å²) in [6.45, 7) is 1.22. The smallest absolute Gasteiger partial charge is 0.228 e. The minimum Gasteiger partial charge on any atom is -0.298 e. The Morgan fingerprint density at radius 3 is 2.08 bits per heavy atom. The molecule has 3 nitrogen and oxygen atoms in total. The number of ketones is 2. The van der Waals surface area contributed by atoms with E-state index < -0.39 is 11.6 Å². The van der Waals surface area contributed by atoms with Crippen LogP contribution in [0, 0.1) is 0 Å². The molecule has 0 aliphatic carbocycles. The third kappa shape index (κ3) is 2.08. The minimum absolute atomic E-state index is 0.318. The van der Waals surface area contributed by atoms with Crippen LogP contribution in [0.2, 0.25) is 0 Å². The summed E-state index contributed by atoms with van der Waals surface area (Å²) in [7, 11) is 0. The van der Waals surface area contributed by atoms with Crippen LogP contribution in [0.1, 0.15) is 27.6 Å². The molecular weight excluding hydrogens is 168 g/mol. The predicted octanol–water partition coefficient (Wildman–Crippen LogP) is 1.27. The van der Waals surface area contributed by atoms with E-state index in [0.717, 1.165) is 0 Å². The Balaban J connectivity index is 2.98. The maximum absolute atomic E-state index is 11.1. The lowest BCUT2D eigenvalue weighted by atomic mass is 10.1. The third-order valence-corrected chi connectivity index (χ3v) is 1.63. The highest BCUT2D eigenvalue weighted by atomic mass is 16.2. The van der Waals surface area contributed by atoms with Gasteiger partial charge in [0.1, 0.15) is 6.29 Å². The molecule has 1 aromatic rings. The summed E-state index contributed by atoms with van der Waals surface area (Å²) >= 11 is 0. The quantitative estimate of drug-likeness (QED) is 0.396. The molecule has 0 unspecified atom stereocenters. The van der Waals surface area contributed by atoms with E-state index in [-0.39, 0.29) is 0 Å². The van der Waals surface area contributed by atoms with Crippen molar-refractivity contribution in [3.05, 3.63) is 35.4 Å². The van der Waals surface area contributed by atoms with Crippen LogP contribution >= 0.6 is 0 Å². The summed E-state index contributed by atoms with van der Waals surface area (Å²) in [6.07, 6.45) is 0.683. The van der Waals surface area contributed by atoms with Crippen LogP contribution in [0.5, 0.6) is 0 Å². The van der Waals surface area contributed by atoms with Gasteiger partial charge in [0.25, 0.3) is 0 Å². The Bertz CT molecular complexity index is 349. The number of aldehydes is 1. The summed E-state index contributed by atoms with van der Waals surface area (Å²) < 4.78 is 0. The second kappa shape index (κ2) is 3.76. The topological polar surface area (TPSA) is 51.2 Å². The van der Waals surface area contributed by atoms with Crippen LogP contribution in [-0.4, -0.2) is 17.9 Å². The van der Waals surface area contributed by atoms with Crippen LogP contribution in [0.15, 0.2) is 24.3 Å². The van der Waals surface area contributed by atoms with Gasteiger partial charge in [-0.2, -0.15) is 0 Å². The molecule has 0 aromatic heterocycles. The Hall–Kier alpha value is -1.77. The zero-order valence-electron chi connectivity index (χ0n) is 7.11. The molecule has 0 heterocycles. The summed E-state index contributed by atoms with van der Waals surface area (Å²) in [5.74, 6) is -1.03. The van der Waals surface area contributed by atoms with Gasteiger partial charge in [0, 0.05) is 18.1 Å². The van der Waals surface area contributed by atoms with Crippen LogP contribution < -0.4 is 0 Å². The third-order valence-electron chi connectivity index (χ3n) is 1.63. The van der Waals surface area contributed by atoms with Gasteiger partial charge in [0.05, 0.1) is 0 Å². The molecule has 1 rings (SSSR count). The lowest BCUT2D eigenvalue weighted by Gasteiger charge is -1.95. The fourth-order valence-electron chi connectivity index (χ4n) is 0.916. The zero-order chi connectivity index (χ0) is 9.84. The van der Waals surface area contributed by atoms with Crippen molar-refractivity contribution in [3.8, 4) is 0 Å². The standard InChI is InChI=1S/C10H8O3/c1-7(12)10(13)9-4-2-8(6-11)3-5-9/h2-6H,1H3. The highest BCUT2D eigenvalue weighted by Gasteiger charge is 2.09. The van der Waals surface area contributed by atoms with Gasteiger partial charge in [0.15, 0.2) is 5.78 Å². The van der Waals surface area contributed by atoms with E-state index >= 15 is 0 Å². The van der Waals surface area contributed by atoms with E-state index in [1.165, 1.54) is 31.2 Å². The molecule has 0 aliphatic rings. The summed E-state index contributed by atoms with van der Waals surface area (Å²) in [5.41, 5.74) is 0.804. The van der Waals surface area contributed by atoms with E-state index in [2.05, 4.69) is 0 Å². The number of benzene rings is 1. The van der Waals surface area contributed by atoms with Crippen molar-refractivity contribution < 1.29 is 14.4 Å². The molecule has 13 heavy (non-hydrogen) atoms. The Kier molecular flexibility index (Phi) is 2.69. The fourth-order valence-corrected chi connectivity index (χ4v) is 0.916. The monoisotopic (exact) mass is 176 g/mol. The highest BCUT2D eigenvalue weighted by molar-refractivity contribution is 6.42. The van der Waals surface area contributed by atoms with Gasteiger partial charge in [0.2, 0.25) is 5.78 Å². The first-order valence-corrected chi connectivity index (χ1v) is 3.75. The molecule has 0 bridgehead atoms. The fraction of sp³-hybridized carbons (Fsp3) is 0.100. The molecule has 0 fully saturated rings. The van der Waals surface area contributed by atoms with Crippen LogP contribution in [-0.2, 0) is 4.79 Å². The molecule has 0 N–H and O–H groups in total. The van der Waals surface area contributed by atoms with E-state index in [4.69, 9.17) is 0 Å².